The van der Waals surface area contributed by atoms with Gasteiger partial charge in [-0.05, 0) is 43.2 Å². The lowest BCUT2D eigenvalue weighted by Gasteiger charge is -2.13. The summed E-state index contributed by atoms with van der Waals surface area (Å²) in [5.74, 6) is 0.818. The first kappa shape index (κ1) is 19.7. The predicted octanol–water partition coefficient (Wildman–Crippen LogP) is 4.32. The van der Waals surface area contributed by atoms with Crippen LogP contribution >= 0.6 is 0 Å². The molecule has 1 N–H and O–H groups in total. The van der Waals surface area contributed by atoms with Gasteiger partial charge in [0.2, 0.25) is 0 Å². The summed E-state index contributed by atoms with van der Waals surface area (Å²) in [7, 11) is 1.59. The summed E-state index contributed by atoms with van der Waals surface area (Å²) < 4.78 is 11.0. The minimum atomic E-state index is -0.251. The monoisotopic (exact) mass is 355 g/mol. The van der Waals surface area contributed by atoms with Crippen LogP contribution in [0.2, 0.25) is 0 Å². The van der Waals surface area contributed by atoms with Crippen molar-refractivity contribution in [2.45, 2.75) is 27.4 Å². The number of carbonyl (C=O) groups is 2. The highest BCUT2D eigenvalue weighted by Crippen LogP contribution is 2.22. The zero-order valence-corrected chi connectivity index (χ0v) is 15.7. The summed E-state index contributed by atoms with van der Waals surface area (Å²) in [6.45, 7) is 6.67. The second-order valence-electron chi connectivity index (χ2n) is 6.53. The highest BCUT2D eigenvalue weighted by Gasteiger charge is 2.12. The zero-order chi connectivity index (χ0) is 19.1. The van der Waals surface area contributed by atoms with Crippen LogP contribution in [0.3, 0.4) is 0 Å². The van der Waals surface area contributed by atoms with E-state index < -0.39 is 0 Å². The fourth-order valence-electron chi connectivity index (χ4n) is 2.46. The molecule has 0 aliphatic carbocycles. The van der Waals surface area contributed by atoms with E-state index in [1.807, 2.05) is 0 Å². The van der Waals surface area contributed by atoms with E-state index in [9.17, 15) is 9.59 Å². The topological polar surface area (TPSA) is 64.6 Å². The minimum absolute atomic E-state index is 0.0462. The number of carbonyl (C=O) groups excluding carboxylic acids is 2. The van der Waals surface area contributed by atoms with Crippen LogP contribution in [0.1, 0.15) is 47.1 Å². The summed E-state index contributed by atoms with van der Waals surface area (Å²) in [5.41, 5.74) is 2.46. The average molecular weight is 355 g/mol. The maximum absolute atomic E-state index is 12.6. The van der Waals surface area contributed by atoms with Crippen molar-refractivity contribution < 1.29 is 19.1 Å². The van der Waals surface area contributed by atoms with E-state index >= 15 is 0 Å². The van der Waals surface area contributed by atoms with E-state index in [2.05, 4.69) is 19.2 Å². The summed E-state index contributed by atoms with van der Waals surface area (Å²) in [6.07, 6.45) is 0. The summed E-state index contributed by atoms with van der Waals surface area (Å²) in [6, 6.07) is 12.1. The fourth-order valence-corrected chi connectivity index (χ4v) is 2.46. The van der Waals surface area contributed by atoms with Crippen LogP contribution in [0.15, 0.2) is 42.5 Å². The molecule has 5 heteroatoms. The molecule has 0 saturated heterocycles. The van der Waals surface area contributed by atoms with Gasteiger partial charge in [0, 0.05) is 29.0 Å². The van der Waals surface area contributed by atoms with Gasteiger partial charge in [-0.25, -0.2) is 0 Å². The molecule has 5 nitrogen and oxygen atoms in total. The number of methoxy groups -OCH3 is 1. The van der Waals surface area contributed by atoms with Crippen molar-refractivity contribution in [3.8, 4) is 5.75 Å². The van der Waals surface area contributed by atoms with Crippen molar-refractivity contribution in [3.63, 3.8) is 0 Å². The van der Waals surface area contributed by atoms with Crippen LogP contribution in [0.5, 0.6) is 5.75 Å². The first-order valence-corrected chi connectivity index (χ1v) is 8.57. The van der Waals surface area contributed by atoms with Gasteiger partial charge in [0.25, 0.3) is 5.91 Å². The predicted molar refractivity (Wildman–Crippen MR) is 102 cm³/mol. The second-order valence-corrected chi connectivity index (χ2v) is 6.53. The van der Waals surface area contributed by atoms with Gasteiger partial charge in [0.15, 0.2) is 5.78 Å². The molecule has 0 bridgehead atoms. The fraction of sp³-hybridized carbons (Fsp3) is 0.333. The summed E-state index contributed by atoms with van der Waals surface area (Å²) in [4.78, 5) is 24.0. The Morgan fingerprint density at radius 2 is 1.85 bits per heavy atom. The molecule has 0 spiro atoms. The van der Waals surface area contributed by atoms with Crippen molar-refractivity contribution in [1.29, 1.82) is 0 Å². The van der Waals surface area contributed by atoms with Crippen LogP contribution in [-0.2, 0) is 11.3 Å². The maximum atomic E-state index is 12.6. The standard InChI is InChI=1S/C21H25NO4/c1-14(2)12-26-13-18-10-17(8-9-20(18)25-4)21(24)22-19-7-5-6-16(11-19)15(3)23/h5-11,14H,12-13H2,1-4H3,(H,22,24). The van der Waals surface area contributed by atoms with Gasteiger partial charge in [0.1, 0.15) is 5.75 Å². The molecule has 0 aliphatic rings. The second kappa shape index (κ2) is 9.15. The molecule has 0 radical (unpaired) electrons. The molecule has 2 aromatic carbocycles. The van der Waals surface area contributed by atoms with E-state index in [0.29, 0.717) is 41.7 Å². The zero-order valence-electron chi connectivity index (χ0n) is 15.7. The quantitative estimate of drug-likeness (QED) is 0.716. The summed E-state index contributed by atoms with van der Waals surface area (Å²) >= 11 is 0. The van der Waals surface area contributed by atoms with Gasteiger partial charge < -0.3 is 14.8 Å². The average Bonchev–Trinajstić information content (AvgIpc) is 2.61. The highest BCUT2D eigenvalue weighted by molar-refractivity contribution is 6.05. The van der Waals surface area contributed by atoms with E-state index in [1.165, 1.54) is 6.92 Å². The number of hydrogen-bond acceptors (Lipinski definition) is 4. The number of ketones is 1. The molecule has 0 aromatic heterocycles. The van der Waals surface area contributed by atoms with Gasteiger partial charge in [-0.3, -0.25) is 9.59 Å². The van der Waals surface area contributed by atoms with Crippen molar-refractivity contribution >= 4 is 17.4 Å². The van der Waals surface area contributed by atoms with E-state index in [0.717, 1.165) is 5.56 Å². The van der Waals surface area contributed by atoms with Crippen molar-refractivity contribution in [2.75, 3.05) is 19.0 Å². The van der Waals surface area contributed by atoms with Crippen LogP contribution in [0, 0.1) is 5.92 Å². The van der Waals surface area contributed by atoms with Crippen molar-refractivity contribution in [3.05, 3.63) is 59.2 Å². The Kier molecular flexibility index (Phi) is 6.92. The van der Waals surface area contributed by atoms with Crippen molar-refractivity contribution in [2.24, 2.45) is 5.92 Å². The Bertz CT molecular complexity index is 783. The molecular weight excluding hydrogens is 330 g/mol. The Morgan fingerprint density at radius 3 is 2.50 bits per heavy atom. The van der Waals surface area contributed by atoms with Crippen LogP contribution in [-0.4, -0.2) is 25.4 Å². The number of ether oxygens (including phenoxy) is 2. The molecule has 0 heterocycles. The number of nitrogens with one attached hydrogen (secondary N) is 1. The molecule has 0 atom stereocenters. The maximum Gasteiger partial charge on any atom is 0.255 e. The highest BCUT2D eigenvalue weighted by atomic mass is 16.5. The minimum Gasteiger partial charge on any atom is -0.496 e. The van der Waals surface area contributed by atoms with Crippen LogP contribution in [0.25, 0.3) is 0 Å². The van der Waals surface area contributed by atoms with Crippen molar-refractivity contribution in [1.82, 2.24) is 0 Å². The first-order chi connectivity index (χ1) is 12.4. The normalized spacial score (nSPS) is 10.7. The van der Waals surface area contributed by atoms with Gasteiger partial charge in [-0.1, -0.05) is 26.0 Å². The SMILES string of the molecule is COc1ccc(C(=O)Nc2cccc(C(C)=O)c2)cc1COCC(C)C. The molecule has 1 amide bonds. The first-order valence-electron chi connectivity index (χ1n) is 8.57. The molecule has 0 aliphatic heterocycles. The number of hydrogen-bond donors (Lipinski definition) is 1. The third-order valence-corrected chi connectivity index (χ3v) is 3.78. The van der Waals surface area contributed by atoms with Gasteiger partial charge >= 0.3 is 0 Å². The third-order valence-electron chi connectivity index (χ3n) is 3.78. The lowest BCUT2D eigenvalue weighted by Crippen LogP contribution is -2.13. The molecule has 138 valence electrons. The lowest BCUT2D eigenvalue weighted by molar-refractivity contribution is 0.0952. The van der Waals surface area contributed by atoms with E-state index in [-0.39, 0.29) is 11.7 Å². The third kappa shape index (κ3) is 5.43. The molecule has 26 heavy (non-hydrogen) atoms. The molecule has 0 saturated carbocycles. The van der Waals surface area contributed by atoms with Gasteiger partial charge in [-0.2, -0.15) is 0 Å². The summed E-state index contributed by atoms with van der Waals surface area (Å²) in [5, 5.41) is 2.82. The largest absolute Gasteiger partial charge is 0.496 e. The van der Waals surface area contributed by atoms with E-state index in [1.54, 1.807) is 49.6 Å². The Labute approximate surface area is 154 Å². The number of amides is 1. The molecular formula is C21H25NO4. The van der Waals surface area contributed by atoms with Crippen LogP contribution < -0.4 is 10.1 Å². The van der Waals surface area contributed by atoms with E-state index in [4.69, 9.17) is 9.47 Å². The number of benzene rings is 2. The molecule has 2 aromatic rings. The van der Waals surface area contributed by atoms with Gasteiger partial charge in [-0.15, -0.1) is 0 Å². The molecule has 2 rings (SSSR count). The Balaban J connectivity index is 2.15. The van der Waals surface area contributed by atoms with Crippen LogP contribution in [0.4, 0.5) is 5.69 Å². The lowest BCUT2D eigenvalue weighted by atomic mass is 10.1. The number of anilines is 1. The molecule has 0 fully saturated rings. The Morgan fingerprint density at radius 1 is 1.08 bits per heavy atom. The molecule has 0 unspecified atom stereocenters. The number of Topliss-reactive ketones (excluding diaryl/α,β-unsaturated/α-hetero) is 1. The van der Waals surface area contributed by atoms with Gasteiger partial charge in [0.05, 0.1) is 13.7 Å². The Hall–Kier alpha value is -2.66. The number of rotatable bonds is 8. The smallest absolute Gasteiger partial charge is 0.255 e.